The molecule has 0 unspecified atom stereocenters. The van der Waals surface area contributed by atoms with Gasteiger partial charge in [-0.1, -0.05) is 24.3 Å². The van der Waals surface area contributed by atoms with Crippen LogP contribution < -0.4 is 5.32 Å². The van der Waals surface area contributed by atoms with Crippen LogP contribution >= 0.6 is 0 Å². The van der Waals surface area contributed by atoms with Gasteiger partial charge in [-0.3, -0.25) is 5.10 Å². The third-order valence-electron chi connectivity index (χ3n) is 4.09. The third-order valence-corrected chi connectivity index (χ3v) is 4.09. The lowest BCUT2D eigenvalue weighted by atomic mass is 10.1. The predicted molar refractivity (Wildman–Crippen MR) is 81.8 cm³/mol. The molecule has 3 nitrogen and oxygen atoms in total. The highest BCUT2D eigenvalue weighted by Gasteiger charge is 2.22. The van der Waals surface area contributed by atoms with Gasteiger partial charge in [0.1, 0.15) is 0 Å². The number of benzene rings is 1. The van der Waals surface area contributed by atoms with Crippen LogP contribution in [0.5, 0.6) is 0 Å². The number of nitrogens with zero attached hydrogens (tertiary/aromatic N) is 1. The standard InChI is InChI=1S/C17H23N3/c1-13-17(12-19-20-13)3-2-10-18-11-14-4-6-15(7-5-14)16-8-9-16/h4-7,12,16,18H,2-3,8-11H2,1H3,(H,19,20). The van der Waals surface area contributed by atoms with E-state index in [9.17, 15) is 0 Å². The molecular weight excluding hydrogens is 246 g/mol. The molecule has 0 aliphatic heterocycles. The molecule has 1 fully saturated rings. The van der Waals surface area contributed by atoms with E-state index in [1.807, 2.05) is 6.20 Å². The van der Waals surface area contributed by atoms with Gasteiger partial charge in [-0.05, 0) is 61.8 Å². The molecule has 1 saturated carbocycles. The first-order valence-corrected chi connectivity index (χ1v) is 7.61. The van der Waals surface area contributed by atoms with E-state index in [4.69, 9.17) is 0 Å². The van der Waals surface area contributed by atoms with E-state index in [-0.39, 0.29) is 0 Å². The predicted octanol–water partition coefficient (Wildman–Crippen LogP) is 3.32. The first-order chi connectivity index (χ1) is 9.83. The van der Waals surface area contributed by atoms with Crippen LogP contribution in [0.1, 0.15) is 47.6 Å². The minimum absolute atomic E-state index is 0.857. The van der Waals surface area contributed by atoms with E-state index in [1.54, 1.807) is 0 Å². The summed E-state index contributed by atoms with van der Waals surface area (Å²) in [5.41, 5.74) is 5.43. The molecule has 0 bridgehead atoms. The molecule has 3 heteroatoms. The molecule has 2 N–H and O–H groups in total. The maximum atomic E-state index is 4.05. The zero-order valence-corrected chi connectivity index (χ0v) is 12.2. The summed E-state index contributed by atoms with van der Waals surface area (Å²) in [6, 6.07) is 9.12. The molecule has 0 saturated heterocycles. The number of rotatable bonds is 7. The Balaban J connectivity index is 1.36. The Morgan fingerprint density at radius 3 is 2.70 bits per heavy atom. The Labute approximate surface area is 120 Å². The van der Waals surface area contributed by atoms with Crippen molar-refractivity contribution in [3.63, 3.8) is 0 Å². The molecular formula is C17H23N3. The number of hydrogen-bond donors (Lipinski definition) is 2. The van der Waals surface area contributed by atoms with Crippen LogP contribution in [-0.2, 0) is 13.0 Å². The number of hydrogen-bond acceptors (Lipinski definition) is 2. The maximum absolute atomic E-state index is 4.05. The van der Waals surface area contributed by atoms with Crippen LogP contribution in [0.25, 0.3) is 0 Å². The van der Waals surface area contributed by atoms with Crippen molar-refractivity contribution in [3.05, 3.63) is 52.8 Å². The molecule has 1 heterocycles. The molecule has 0 radical (unpaired) electrons. The first kappa shape index (κ1) is 13.4. The molecule has 1 aromatic carbocycles. The number of aryl methyl sites for hydroxylation is 2. The van der Waals surface area contributed by atoms with Gasteiger partial charge < -0.3 is 5.32 Å². The normalized spacial score (nSPS) is 14.7. The van der Waals surface area contributed by atoms with Gasteiger partial charge >= 0.3 is 0 Å². The maximum Gasteiger partial charge on any atom is 0.0522 e. The third kappa shape index (κ3) is 3.48. The smallest absolute Gasteiger partial charge is 0.0522 e. The molecule has 3 rings (SSSR count). The highest BCUT2D eigenvalue weighted by molar-refractivity contribution is 5.27. The highest BCUT2D eigenvalue weighted by atomic mass is 15.1. The number of aromatic nitrogens is 2. The average molecular weight is 269 g/mol. The Hall–Kier alpha value is -1.61. The van der Waals surface area contributed by atoms with E-state index in [2.05, 4.69) is 46.7 Å². The summed E-state index contributed by atoms with van der Waals surface area (Å²) in [6.45, 7) is 4.10. The lowest BCUT2D eigenvalue weighted by Crippen LogP contribution is -2.15. The van der Waals surface area contributed by atoms with Crippen molar-refractivity contribution in [2.45, 2.75) is 45.1 Å². The first-order valence-electron chi connectivity index (χ1n) is 7.61. The van der Waals surface area contributed by atoms with E-state index >= 15 is 0 Å². The molecule has 2 aromatic rings. The second-order valence-electron chi connectivity index (χ2n) is 5.82. The van der Waals surface area contributed by atoms with E-state index in [0.29, 0.717) is 0 Å². The van der Waals surface area contributed by atoms with Crippen molar-refractivity contribution in [2.75, 3.05) is 6.54 Å². The lowest BCUT2D eigenvalue weighted by molar-refractivity contribution is 0.648. The zero-order chi connectivity index (χ0) is 13.8. The van der Waals surface area contributed by atoms with E-state index in [0.717, 1.165) is 31.8 Å². The van der Waals surface area contributed by atoms with Gasteiger partial charge in [0.25, 0.3) is 0 Å². The van der Waals surface area contributed by atoms with Crippen molar-refractivity contribution in [1.82, 2.24) is 15.5 Å². The molecule has 0 atom stereocenters. The van der Waals surface area contributed by atoms with Crippen LogP contribution in [0.3, 0.4) is 0 Å². The van der Waals surface area contributed by atoms with Gasteiger partial charge in [0.05, 0.1) is 6.20 Å². The molecule has 106 valence electrons. The number of aromatic amines is 1. The average Bonchev–Trinajstić information content (AvgIpc) is 3.24. The molecule has 1 aliphatic carbocycles. The summed E-state index contributed by atoms with van der Waals surface area (Å²) < 4.78 is 0. The Bertz CT molecular complexity index is 538. The SMILES string of the molecule is Cc1[nH]ncc1CCCNCc1ccc(C2CC2)cc1. The quantitative estimate of drug-likeness (QED) is 0.757. The second-order valence-corrected chi connectivity index (χ2v) is 5.82. The van der Waals surface area contributed by atoms with Crippen LogP contribution in [0.15, 0.2) is 30.5 Å². The molecule has 1 aliphatic rings. The van der Waals surface area contributed by atoms with Gasteiger partial charge in [0.2, 0.25) is 0 Å². The Kier molecular flexibility index (Phi) is 4.16. The summed E-state index contributed by atoms with van der Waals surface area (Å²) in [5, 5.41) is 10.6. The summed E-state index contributed by atoms with van der Waals surface area (Å²) in [4.78, 5) is 0. The van der Waals surface area contributed by atoms with Crippen molar-refractivity contribution in [2.24, 2.45) is 0 Å². The topological polar surface area (TPSA) is 40.7 Å². The second kappa shape index (κ2) is 6.23. The fourth-order valence-corrected chi connectivity index (χ4v) is 2.59. The molecule has 1 aromatic heterocycles. The Morgan fingerprint density at radius 2 is 2.05 bits per heavy atom. The fraction of sp³-hybridized carbons (Fsp3) is 0.471. The molecule has 20 heavy (non-hydrogen) atoms. The summed E-state index contributed by atoms with van der Waals surface area (Å²) >= 11 is 0. The van der Waals surface area contributed by atoms with Crippen LogP contribution in [0.2, 0.25) is 0 Å². The Morgan fingerprint density at radius 1 is 1.25 bits per heavy atom. The van der Waals surface area contributed by atoms with E-state index < -0.39 is 0 Å². The summed E-state index contributed by atoms with van der Waals surface area (Å²) in [7, 11) is 0. The van der Waals surface area contributed by atoms with Crippen molar-refractivity contribution < 1.29 is 0 Å². The monoisotopic (exact) mass is 269 g/mol. The fourth-order valence-electron chi connectivity index (χ4n) is 2.59. The zero-order valence-electron chi connectivity index (χ0n) is 12.2. The van der Waals surface area contributed by atoms with E-state index in [1.165, 1.54) is 35.2 Å². The van der Waals surface area contributed by atoms with Gasteiger partial charge in [-0.2, -0.15) is 5.10 Å². The van der Waals surface area contributed by atoms with Crippen LogP contribution in [0, 0.1) is 6.92 Å². The van der Waals surface area contributed by atoms with Crippen LogP contribution in [0.4, 0.5) is 0 Å². The van der Waals surface area contributed by atoms with Gasteiger partial charge in [0.15, 0.2) is 0 Å². The number of H-pyrrole nitrogens is 1. The van der Waals surface area contributed by atoms with Crippen LogP contribution in [-0.4, -0.2) is 16.7 Å². The molecule has 0 amide bonds. The summed E-state index contributed by atoms with van der Waals surface area (Å²) in [6.07, 6.45) is 6.94. The van der Waals surface area contributed by atoms with Crippen molar-refractivity contribution in [1.29, 1.82) is 0 Å². The van der Waals surface area contributed by atoms with Gasteiger partial charge in [-0.15, -0.1) is 0 Å². The molecule has 0 spiro atoms. The van der Waals surface area contributed by atoms with Gasteiger partial charge in [0, 0.05) is 12.2 Å². The van der Waals surface area contributed by atoms with Gasteiger partial charge in [-0.25, -0.2) is 0 Å². The lowest BCUT2D eigenvalue weighted by Gasteiger charge is -2.06. The van der Waals surface area contributed by atoms with Crippen molar-refractivity contribution in [3.8, 4) is 0 Å². The largest absolute Gasteiger partial charge is 0.313 e. The summed E-state index contributed by atoms with van der Waals surface area (Å²) in [5.74, 6) is 0.857. The minimum Gasteiger partial charge on any atom is -0.313 e. The van der Waals surface area contributed by atoms with Crippen molar-refractivity contribution >= 4 is 0 Å². The minimum atomic E-state index is 0.857. The highest BCUT2D eigenvalue weighted by Crippen LogP contribution is 2.39. The number of nitrogens with one attached hydrogen (secondary N) is 2.